The van der Waals surface area contributed by atoms with Gasteiger partial charge in [0.1, 0.15) is 13.2 Å². The Kier molecular flexibility index (Phi) is 7.50. The molecule has 1 atom stereocenters. The van der Waals surface area contributed by atoms with Gasteiger partial charge in [-0.05, 0) is 28.7 Å². The molecule has 1 aliphatic carbocycles. The fraction of sp³-hybridized carbons (Fsp3) is 0.391. The first-order valence-electron chi connectivity index (χ1n) is 10.0. The summed E-state index contributed by atoms with van der Waals surface area (Å²) in [4.78, 5) is 23.5. The third-order valence-corrected chi connectivity index (χ3v) is 5.35. The standard InChI is InChI=1S/C23H22F4O5/c24-22(25)23(26,27)13-31-11-14(21(29)30)9-10-20(28)32-12-19-17-7-3-1-5-15(17)16-6-2-4-8-18(16)19/h1-8,14,19,22H,9-13H2,(H,29,30)/t14-/m0/s1. The van der Waals surface area contributed by atoms with Crippen LogP contribution in [-0.4, -0.2) is 49.2 Å². The third-order valence-electron chi connectivity index (χ3n) is 5.35. The molecule has 0 aromatic heterocycles. The first-order valence-corrected chi connectivity index (χ1v) is 10.0. The molecule has 0 amide bonds. The van der Waals surface area contributed by atoms with E-state index in [1.54, 1.807) is 0 Å². The molecule has 0 radical (unpaired) electrons. The number of hydrogen-bond donors (Lipinski definition) is 1. The number of carboxylic acid groups (broad SMARTS) is 1. The van der Waals surface area contributed by atoms with Crippen LogP contribution in [0, 0.1) is 5.92 Å². The normalized spacial score (nSPS) is 14.2. The van der Waals surface area contributed by atoms with E-state index in [0.29, 0.717) is 0 Å². The van der Waals surface area contributed by atoms with Gasteiger partial charge in [0.15, 0.2) is 0 Å². The molecule has 0 fully saturated rings. The lowest BCUT2D eigenvalue weighted by Gasteiger charge is -2.18. The van der Waals surface area contributed by atoms with E-state index < -0.39 is 43.4 Å². The molecule has 32 heavy (non-hydrogen) atoms. The van der Waals surface area contributed by atoms with Gasteiger partial charge in [-0.25, -0.2) is 8.78 Å². The number of esters is 1. The zero-order chi connectivity index (χ0) is 23.3. The van der Waals surface area contributed by atoms with Crippen LogP contribution in [0.4, 0.5) is 17.6 Å². The van der Waals surface area contributed by atoms with E-state index in [1.165, 1.54) is 0 Å². The van der Waals surface area contributed by atoms with Gasteiger partial charge in [0.25, 0.3) is 0 Å². The molecule has 172 valence electrons. The van der Waals surface area contributed by atoms with Crippen LogP contribution in [0.5, 0.6) is 0 Å². The molecular weight excluding hydrogens is 432 g/mol. The second-order valence-electron chi connectivity index (χ2n) is 7.56. The minimum atomic E-state index is -4.37. The lowest BCUT2D eigenvalue weighted by atomic mass is 9.98. The molecule has 5 nitrogen and oxygen atoms in total. The number of aliphatic carboxylic acids is 1. The zero-order valence-electron chi connectivity index (χ0n) is 17.0. The summed E-state index contributed by atoms with van der Waals surface area (Å²) in [7, 11) is 0. The van der Waals surface area contributed by atoms with Crippen molar-refractivity contribution in [3.05, 3.63) is 59.7 Å². The van der Waals surface area contributed by atoms with Gasteiger partial charge in [0, 0.05) is 12.3 Å². The summed E-state index contributed by atoms with van der Waals surface area (Å²) in [5, 5.41) is 9.18. The van der Waals surface area contributed by atoms with Crippen molar-refractivity contribution in [2.75, 3.05) is 19.8 Å². The molecule has 0 unspecified atom stereocenters. The minimum Gasteiger partial charge on any atom is -0.481 e. The molecule has 0 heterocycles. The predicted octanol–water partition coefficient (Wildman–Crippen LogP) is 4.74. The van der Waals surface area contributed by atoms with E-state index in [0.717, 1.165) is 22.3 Å². The van der Waals surface area contributed by atoms with Crippen molar-refractivity contribution in [1.29, 1.82) is 0 Å². The maximum absolute atomic E-state index is 12.9. The van der Waals surface area contributed by atoms with Crippen molar-refractivity contribution in [3.8, 4) is 11.1 Å². The summed E-state index contributed by atoms with van der Waals surface area (Å²) < 4.78 is 59.9. The van der Waals surface area contributed by atoms with E-state index in [2.05, 4.69) is 4.74 Å². The van der Waals surface area contributed by atoms with Crippen LogP contribution in [0.3, 0.4) is 0 Å². The molecule has 9 heteroatoms. The van der Waals surface area contributed by atoms with Crippen molar-refractivity contribution in [1.82, 2.24) is 0 Å². The number of carbonyl (C=O) groups is 2. The van der Waals surface area contributed by atoms with E-state index in [1.807, 2.05) is 48.5 Å². The maximum Gasteiger partial charge on any atom is 0.330 e. The number of carbonyl (C=O) groups excluding carboxylic acids is 1. The molecule has 1 aliphatic rings. The molecule has 3 rings (SSSR count). The van der Waals surface area contributed by atoms with Crippen LogP contribution >= 0.6 is 0 Å². The molecule has 2 aromatic carbocycles. The Hall–Kier alpha value is -2.94. The highest BCUT2D eigenvalue weighted by molar-refractivity contribution is 5.79. The fourth-order valence-electron chi connectivity index (χ4n) is 3.66. The quantitative estimate of drug-likeness (QED) is 0.392. The number of carboxylic acids is 1. The number of halogens is 4. The Labute approximate surface area is 182 Å². The monoisotopic (exact) mass is 454 g/mol. The van der Waals surface area contributed by atoms with Gasteiger partial charge in [0.2, 0.25) is 0 Å². The highest BCUT2D eigenvalue weighted by atomic mass is 19.3. The zero-order valence-corrected chi connectivity index (χ0v) is 17.0. The fourth-order valence-corrected chi connectivity index (χ4v) is 3.66. The number of benzene rings is 2. The van der Waals surface area contributed by atoms with Gasteiger partial charge in [0.05, 0.1) is 12.5 Å². The summed E-state index contributed by atoms with van der Waals surface area (Å²) in [6.07, 6.45) is -4.42. The van der Waals surface area contributed by atoms with Crippen molar-refractivity contribution in [2.24, 2.45) is 5.92 Å². The van der Waals surface area contributed by atoms with Gasteiger partial charge >= 0.3 is 24.3 Å². The maximum atomic E-state index is 12.9. The van der Waals surface area contributed by atoms with E-state index in [-0.39, 0.29) is 25.4 Å². The van der Waals surface area contributed by atoms with Gasteiger partial charge in [-0.15, -0.1) is 0 Å². The summed E-state index contributed by atoms with van der Waals surface area (Å²) in [5.41, 5.74) is 4.18. The highest BCUT2D eigenvalue weighted by Gasteiger charge is 2.41. The van der Waals surface area contributed by atoms with Gasteiger partial charge < -0.3 is 14.6 Å². The van der Waals surface area contributed by atoms with Gasteiger partial charge in [-0.2, -0.15) is 8.78 Å². The molecule has 1 N–H and O–H groups in total. The van der Waals surface area contributed by atoms with Crippen LogP contribution in [-0.2, 0) is 19.1 Å². The molecular formula is C23H22F4O5. The summed E-state index contributed by atoms with van der Waals surface area (Å²) in [5.74, 6) is -7.84. The van der Waals surface area contributed by atoms with Crippen LogP contribution < -0.4 is 0 Å². The molecule has 0 spiro atoms. The smallest absolute Gasteiger partial charge is 0.330 e. The van der Waals surface area contributed by atoms with Crippen LogP contribution in [0.15, 0.2) is 48.5 Å². The number of alkyl halides is 4. The minimum absolute atomic E-state index is 0.0711. The number of hydrogen-bond acceptors (Lipinski definition) is 4. The van der Waals surface area contributed by atoms with Crippen molar-refractivity contribution in [2.45, 2.75) is 31.1 Å². The lowest BCUT2D eigenvalue weighted by molar-refractivity contribution is -0.172. The largest absolute Gasteiger partial charge is 0.481 e. The van der Waals surface area contributed by atoms with E-state index >= 15 is 0 Å². The highest BCUT2D eigenvalue weighted by Crippen LogP contribution is 2.44. The van der Waals surface area contributed by atoms with Crippen LogP contribution in [0.1, 0.15) is 29.9 Å². The SMILES string of the molecule is O=C(CC[C@@H](COCC(F)(F)C(F)F)C(=O)O)OCC1c2ccccc2-c2ccccc21. The Bertz CT molecular complexity index is 917. The number of ether oxygens (including phenoxy) is 2. The number of rotatable bonds is 11. The first kappa shape index (κ1) is 23.7. The van der Waals surface area contributed by atoms with Crippen molar-refractivity contribution in [3.63, 3.8) is 0 Å². The van der Waals surface area contributed by atoms with Gasteiger partial charge in [-0.3, -0.25) is 9.59 Å². The Morgan fingerprint density at radius 2 is 1.56 bits per heavy atom. The molecule has 0 bridgehead atoms. The van der Waals surface area contributed by atoms with E-state index in [4.69, 9.17) is 4.74 Å². The average Bonchev–Trinajstić information content (AvgIpc) is 3.08. The van der Waals surface area contributed by atoms with Crippen LogP contribution in [0.2, 0.25) is 0 Å². The van der Waals surface area contributed by atoms with Crippen molar-refractivity contribution >= 4 is 11.9 Å². The topological polar surface area (TPSA) is 72.8 Å². The van der Waals surface area contributed by atoms with E-state index in [9.17, 15) is 32.3 Å². The second-order valence-corrected chi connectivity index (χ2v) is 7.56. The Morgan fingerprint density at radius 3 is 2.09 bits per heavy atom. The number of fused-ring (bicyclic) bond motifs is 3. The Balaban J connectivity index is 1.52. The van der Waals surface area contributed by atoms with Crippen LogP contribution in [0.25, 0.3) is 11.1 Å². The molecule has 0 saturated carbocycles. The predicted molar refractivity (Wildman–Crippen MR) is 107 cm³/mol. The molecule has 0 saturated heterocycles. The molecule has 0 aliphatic heterocycles. The lowest BCUT2D eigenvalue weighted by Crippen LogP contribution is -2.34. The van der Waals surface area contributed by atoms with Crippen molar-refractivity contribution < 1.29 is 41.7 Å². The second kappa shape index (κ2) is 10.1. The Morgan fingerprint density at radius 1 is 1.00 bits per heavy atom. The third kappa shape index (κ3) is 5.45. The average molecular weight is 454 g/mol. The van der Waals surface area contributed by atoms with Gasteiger partial charge in [-0.1, -0.05) is 48.5 Å². The first-order chi connectivity index (χ1) is 15.2. The summed E-state index contributed by atoms with van der Waals surface area (Å²) >= 11 is 0. The molecule has 2 aromatic rings. The summed E-state index contributed by atoms with van der Waals surface area (Å²) in [6, 6.07) is 15.5. The summed E-state index contributed by atoms with van der Waals surface area (Å²) in [6.45, 7) is -2.24.